The van der Waals surface area contributed by atoms with Gasteiger partial charge in [-0.25, -0.2) is 9.78 Å². The molecule has 0 fully saturated rings. The van der Waals surface area contributed by atoms with Crippen molar-refractivity contribution in [1.82, 2.24) is 4.98 Å². The molecule has 0 saturated heterocycles. The number of aliphatic imine (C=N–C) groups is 1. The lowest BCUT2D eigenvalue weighted by atomic mass is 10.1. The molecule has 0 aliphatic rings. The number of aromatic carboxylic acids is 1. The normalized spacial score (nSPS) is 10.6. The van der Waals surface area contributed by atoms with E-state index >= 15 is 0 Å². The van der Waals surface area contributed by atoms with Crippen LogP contribution in [0.2, 0.25) is 0 Å². The molecule has 3 aromatic rings. The predicted molar refractivity (Wildman–Crippen MR) is 109 cm³/mol. The van der Waals surface area contributed by atoms with Crippen molar-refractivity contribution < 1.29 is 19.9 Å². The van der Waals surface area contributed by atoms with Crippen LogP contribution in [0.1, 0.15) is 15.4 Å². The second-order valence-electron chi connectivity index (χ2n) is 5.65. The third-order valence-corrected chi connectivity index (χ3v) is 4.67. The molecule has 0 unspecified atom stereocenters. The summed E-state index contributed by atoms with van der Waals surface area (Å²) in [6.45, 7) is 0. The van der Waals surface area contributed by atoms with E-state index in [9.17, 15) is 20.0 Å². The van der Waals surface area contributed by atoms with Crippen molar-refractivity contribution in [3.8, 4) is 17.0 Å². The monoisotopic (exact) mass is 408 g/mol. The first-order chi connectivity index (χ1) is 13.9. The third kappa shape index (κ3) is 4.41. The second kappa shape index (κ2) is 8.26. The van der Waals surface area contributed by atoms with Crippen molar-refractivity contribution in [2.45, 2.75) is 0 Å². The van der Waals surface area contributed by atoms with Crippen LogP contribution in [0, 0.1) is 15.5 Å². The molecule has 144 valence electrons. The summed E-state index contributed by atoms with van der Waals surface area (Å²) in [5.74, 6) is 0.586. The molecule has 10 heteroatoms. The number of thiazole rings is 1. The summed E-state index contributed by atoms with van der Waals surface area (Å²) < 4.78 is 0. The number of aromatic hydroxyl groups is 1. The van der Waals surface area contributed by atoms with Crippen LogP contribution in [0.15, 0.2) is 52.8 Å². The number of nitro benzene ring substituents is 1. The van der Waals surface area contributed by atoms with Gasteiger partial charge in [-0.1, -0.05) is 0 Å². The Morgan fingerprint density at radius 1 is 1.28 bits per heavy atom. The highest BCUT2D eigenvalue weighted by Gasteiger charge is 2.12. The Morgan fingerprint density at radius 3 is 2.62 bits per heavy atom. The van der Waals surface area contributed by atoms with Crippen LogP contribution in [0.3, 0.4) is 0 Å². The number of benzene rings is 2. The molecule has 3 rings (SSSR count). The molecule has 0 saturated carbocycles. The van der Waals surface area contributed by atoms with Gasteiger partial charge < -0.3 is 10.2 Å². The number of carboxylic acids is 1. The van der Waals surface area contributed by atoms with E-state index in [0.717, 1.165) is 0 Å². The topological polar surface area (TPSA) is 150 Å². The molecule has 1 aromatic heterocycles. The number of hydrogen-bond donors (Lipinski definition) is 3. The smallest absolute Gasteiger partial charge is 0.339 e. The fourth-order valence-electron chi connectivity index (χ4n) is 2.34. The van der Waals surface area contributed by atoms with E-state index in [-0.39, 0.29) is 28.3 Å². The minimum Gasteiger partial charge on any atom is -0.507 e. The van der Waals surface area contributed by atoms with Gasteiger partial charge in [0.05, 0.1) is 21.9 Å². The van der Waals surface area contributed by atoms with Crippen LogP contribution in [0.25, 0.3) is 16.8 Å². The quantitative estimate of drug-likeness (QED) is 0.317. The second-order valence-corrected chi connectivity index (χ2v) is 6.50. The van der Waals surface area contributed by atoms with Crippen LogP contribution < -0.4 is 0 Å². The molecule has 3 N–H and O–H groups in total. The standard InChI is InChI=1S/C19H12N4O5S/c20-8-12(9-21-13-3-6-17(24)15(7-13)19(25)26)18-22-16(10-29-18)11-1-4-14(5-2-11)23(27)28/h1-7,9-10,20,24H,(H,25,26). The van der Waals surface area contributed by atoms with Crippen molar-refractivity contribution in [2.24, 2.45) is 4.99 Å². The number of nitro groups is 1. The van der Waals surface area contributed by atoms with Crippen molar-refractivity contribution in [3.05, 3.63) is 68.5 Å². The van der Waals surface area contributed by atoms with E-state index in [2.05, 4.69) is 15.8 Å². The zero-order valence-corrected chi connectivity index (χ0v) is 15.4. The van der Waals surface area contributed by atoms with Crippen molar-refractivity contribution in [3.63, 3.8) is 0 Å². The highest BCUT2D eigenvalue weighted by Crippen LogP contribution is 2.27. The Labute approximate surface area is 167 Å². The molecule has 0 aliphatic carbocycles. The number of rotatable bonds is 6. The van der Waals surface area contributed by atoms with Gasteiger partial charge in [-0.15, -0.1) is 11.3 Å². The molecular weight excluding hydrogens is 396 g/mol. The average molecular weight is 408 g/mol. The van der Waals surface area contributed by atoms with Gasteiger partial charge in [0.1, 0.15) is 16.3 Å². The number of carboxylic acid groups (broad SMARTS) is 1. The number of carbonyl (C=O) groups is 1. The number of phenols is 1. The molecule has 0 amide bonds. The Morgan fingerprint density at radius 2 is 2.00 bits per heavy atom. The molecular formula is C19H12N4O5S. The SMILES string of the molecule is N=C=C(C=Nc1ccc(O)c(C(=O)O)c1)c1nc(-c2ccc([N+](=O)[O-])cc2)cs1. The first-order valence-electron chi connectivity index (χ1n) is 8.00. The molecule has 0 bridgehead atoms. The lowest BCUT2D eigenvalue weighted by Gasteiger charge is -2.00. The Bertz CT molecular complexity index is 1180. The third-order valence-electron chi connectivity index (χ3n) is 3.80. The van der Waals surface area contributed by atoms with Crippen LogP contribution in [-0.4, -0.2) is 38.2 Å². The van der Waals surface area contributed by atoms with Crippen molar-refractivity contribution >= 4 is 46.3 Å². The molecule has 0 aliphatic heterocycles. The van der Waals surface area contributed by atoms with E-state index in [1.807, 2.05) is 0 Å². The van der Waals surface area contributed by atoms with Crippen molar-refractivity contribution in [1.29, 1.82) is 5.41 Å². The number of aromatic nitrogens is 1. The van der Waals surface area contributed by atoms with E-state index < -0.39 is 10.9 Å². The number of allylic oxidation sites excluding steroid dienone is 1. The van der Waals surface area contributed by atoms with Gasteiger partial charge in [-0.05, 0) is 36.2 Å². The molecule has 2 aromatic carbocycles. The van der Waals surface area contributed by atoms with Gasteiger partial charge in [0.15, 0.2) is 0 Å². The summed E-state index contributed by atoms with van der Waals surface area (Å²) >= 11 is 1.24. The molecule has 0 atom stereocenters. The highest BCUT2D eigenvalue weighted by molar-refractivity contribution is 7.11. The Kier molecular flexibility index (Phi) is 5.59. The van der Waals surface area contributed by atoms with Gasteiger partial charge in [0.25, 0.3) is 5.69 Å². The minimum atomic E-state index is -1.28. The average Bonchev–Trinajstić information content (AvgIpc) is 3.19. The van der Waals surface area contributed by atoms with Crippen LogP contribution >= 0.6 is 11.3 Å². The fraction of sp³-hybridized carbons (Fsp3) is 0. The number of non-ortho nitro benzene ring substituents is 1. The number of hydrogen-bond acceptors (Lipinski definition) is 8. The van der Waals surface area contributed by atoms with Gasteiger partial charge in [-0.2, -0.15) is 0 Å². The summed E-state index contributed by atoms with van der Waals surface area (Å²) in [5, 5.41) is 39.0. The zero-order chi connectivity index (χ0) is 21.0. The van der Waals surface area contributed by atoms with Gasteiger partial charge in [0.2, 0.25) is 0 Å². The summed E-state index contributed by atoms with van der Waals surface area (Å²) in [6.07, 6.45) is 1.32. The van der Waals surface area contributed by atoms with Gasteiger partial charge in [-0.3, -0.25) is 20.5 Å². The van der Waals surface area contributed by atoms with E-state index in [1.54, 1.807) is 17.5 Å². The zero-order valence-electron chi connectivity index (χ0n) is 14.6. The lowest BCUT2D eigenvalue weighted by Crippen LogP contribution is -1.96. The number of nitrogens with zero attached hydrogens (tertiary/aromatic N) is 3. The maximum atomic E-state index is 11.1. The first kappa shape index (κ1) is 19.6. The minimum absolute atomic E-state index is 0.0222. The van der Waals surface area contributed by atoms with E-state index in [1.165, 1.54) is 47.9 Å². The molecule has 0 radical (unpaired) electrons. The summed E-state index contributed by atoms with van der Waals surface area (Å²) in [7, 11) is 0. The molecule has 9 nitrogen and oxygen atoms in total. The number of nitrogens with one attached hydrogen (secondary N) is 1. The fourth-order valence-corrected chi connectivity index (χ4v) is 3.13. The van der Waals surface area contributed by atoms with Gasteiger partial charge >= 0.3 is 5.97 Å². The largest absolute Gasteiger partial charge is 0.507 e. The van der Waals surface area contributed by atoms with Crippen LogP contribution in [0.5, 0.6) is 5.75 Å². The molecule has 0 spiro atoms. The summed E-state index contributed by atoms with van der Waals surface area (Å²) in [5.41, 5.74) is 1.51. The van der Waals surface area contributed by atoms with E-state index in [0.29, 0.717) is 16.3 Å². The summed E-state index contributed by atoms with van der Waals surface area (Å²) in [6, 6.07) is 9.80. The maximum Gasteiger partial charge on any atom is 0.339 e. The first-order valence-corrected chi connectivity index (χ1v) is 8.88. The predicted octanol–water partition coefficient (Wildman–Crippen LogP) is 4.16. The lowest BCUT2D eigenvalue weighted by molar-refractivity contribution is -0.384. The van der Waals surface area contributed by atoms with Gasteiger partial charge in [0, 0.05) is 29.3 Å². The highest BCUT2D eigenvalue weighted by atomic mass is 32.1. The molecule has 29 heavy (non-hydrogen) atoms. The van der Waals surface area contributed by atoms with Crippen molar-refractivity contribution in [2.75, 3.05) is 0 Å². The van der Waals surface area contributed by atoms with E-state index in [4.69, 9.17) is 10.5 Å². The van der Waals surface area contributed by atoms with Crippen LogP contribution in [0.4, 0.5) is 11.4 Å². The maximum absolute atomic E-state index is 11.1. The van der Waals surface area contributed by atoms with Crippen LogP contribution in [-0.2, 0) is 0 Å². The Balaban J connectivity index is 1.84. The molecule has 1 heterocycles. The Hall–Kier alpha value is -4.14. The summed E-state index contributed by atoms with van der Waals surface area (Å²) in [4.78, 5) is 29.9.